The van der Waals surface area contributed by atoms with Gasteiger partial charge in [-0.3, -0.25) is 0 Å². The Morgan fingerprint density at radius 3 is 0.443 bits per heavy atom. The highest BCUT2D eigenvalue weighted by atomic mass is 15.2. The Bertz CT molecular complexity index is 2520. The Hall–Kier alpha value is -6.22. The molecule has 0 aliphatic heterocycles. The summed E-state index contributed by atoms with van der Waals surface area (Å²) in [4.78, 5) is 0. The summed E-state index contributed by atoms with van der Waals surface area (Å²) in [6, 6.07) is 74.3. The molecule has 0 atom stereocenters. The van der Waals surface area contributed by atoms with E-state index in [1.165, 1.54) is 88.6 Å². The van der Waals surface area contributed by atoms with Gasteiger partial charge >= 0.3 is 0 Å². The molecule has 8 rings (SSSR count). The van der Waals surface area contributed by atoms with Crippen molar-refractivity contribution < 1.29 is 4.48 Å². The standard InChI is InChI=1S/C64H68B.C4H12N/c1-61(2,3)53-29-13-45(14-30-53)49-21-37-57(38-22-49)65(58-39-23-50(24-40-58)46-15-31-54(32-16-46)62(4,5)6,59-41-25-51(26-42-59)47-17-33-55(34-18-47)63(7,8)9)60-43-27-52(28-44-60)48-19-35-56(36-20-48)64(10,11)12;1-5(2,3)4/h13-44H,1-12H3;1-4H3/q-1;+1. The van der Waals surface area contributed by atoms with Gasteiger partial charge in [0, 0.05) is 0 Å². The van der Waals surface area contributed by atoms with E-state index >= 15 is 0 Å². The first-order valence-electron chi connectivity index (χ1n) is 25.5. The highest BCUT2D eigenvalue weighted by Gasteiger charge is 2.32. The molecule has 70 heavy (non-hydrogen) atoms. The van der Waals surface area contributed by atoms with Crippen molar-refractivity contribution in [3.63, 3.8) is 0 Å². The molecule has 0 heterocycles. The third-order valence-electron chi connectivity index (χ3n) is 14.0. The number of hydrogen-bond donors (Lipinski definition) is 0. The van der Waals surface area contributed by atoms with Crippen molar-refractivity contribution in [1.82, 2.24) is 0 Å². The number of hydrogen-bond acceptors (Lipinski definition) is 0. The average Bonchev–Trinajstić information content (AvgIpc) is 3.31. The van der Waals surface area contributed by atoms with Crippen LogP contribution in [0.3, 0.4) is 0 Å². The fourth-order valence-corrected chi connectivity index (χ4v) is 9.66. The zero-order valence-corrected chi connectivity index (χ0v) is 45.5. The van der Waals surface area contributed by atoms with E-state index in [4.69, 9.17) is 0 Å². The van der Waals surface area contributed by atoms with Gasteiger partial charge in [0.25, 0.3) is 0 Å². The van der Waals surface area contributed by atoms with Gasteiger partial charge in [-0.1, -0.05) is 277 Å². The quantitative estimate of drug-likeness (QED) is 0.105. The molecule has 8 aromatic rings. The molecule has 360 valence electrons. The van der Waals surface area contributed by atoms with Crippen LogP contribution in [-0.2, 0) is 21.7 Å². The van der Waals surface area contributed by atoms with E-state index in [1.807, 2.05) is 0 Å². The minimum Gasteiger partial charge on any atom is -0.333 e. The van der Waals surface area contributed by atoms with Crippen LogP contribution in [0.2, 0.25) is 0 Å². The van der Waals surface area contributed by atoms with Crippen LogP contribution >= 0.6 is 0 Å². The Kier molecular flexibility index (Phi) is 14.7. The first kappa shape index (κ1) is 51.6. The van der Waals surface area contributed by atoms with Crippen LogP contribution in [0.5, 0.6) is 0 Å². The molecule has 0 saturated carbocycles. The molecular weight excluding hydrogens is 842 g/mol. The van der Waals surface area contributed by atoms with E-state index < -0.39 is 6.15 Å². The molecule has 8 aromatic carbocycles. The topological polar surface area (TPSA) is 0 Å². The molecule has 0 aromatic heterocycles. The number of nitrogens with zero attached hydrogens (tertiary/aromatic N) is 1. The van der Waals surface area contributed by atoms with Gasteiger partial charge in [-0.15, -0.1) is 0 Å². The van der Waals surface area contributed by atoms with E-state index in [0.29, 0.717) is 0 Å². The third-order valence-corrected chi connectivity index (χ3v) is 14.0. The maximum absolute atomic E-state index is 2.39. The second-order valence-electron chi connectivity index (χ2n) is 25.3. The van der Waals surface area contributed by atoms with Gasteiger partial charge in [-0.25, -0.2) is 0 Å². The van der Waals surface area contributed by atoms with Gasteiger partial charge in [0.15, 0.2) is 0 Å². The van der Waals surface area contributed by atoms with E-state index in [0.717, 1.165) is 4.48 Å². The molecule has 0 saturated heterocycles. The fourth-order valence-electron chi connectivity index (χ4n) is 9.66. The smallest absolute Gasteiger partial charge is 0.108 e. The zero-order chi connectivity index (χ0) is 50.9. The summed E-state index contributed by atoms with van der Waals surface area (Å²) in [6.07, 6.45) is -1.67. The van der Waals surface area contributed by atoms with E-state index in [2.05, 4.69) is 305 Å². The summed E-state index contributed by atoms with van der Waals surface area (Å²) in [7, 11) is 8.50. The lowest BCUT2D eigenvalue weighted by Gasteiger charge is -2.44. The monoisotopic (exact) mass is 922 g/mol. The largest absolute Gasteiger partial charge is 0.333 e. The van der Waals surface area contributed by atoms with Crippen molar-refractivity contribution >= 4 is 28.0 Å². The van der Waals surface area contributed by atoms with Gasteiger partial charge in [0.2, 0.25) is 0 Å². The van der Waals surface area contributed by atoms with E-state index in [1.54, 1.807) is 0 Å². The van der Waals surface area contributed by atoms with Gasteiger partial charge < -0.3 is 4.48 Å². The molecule has 0 aliphatic rings. The molecule has 0 radical (unpaired) electrons. The van der Waals surface area contributed by atoms with Crippen molar-refractivity contribution in [3.05, 3.63) is 216 Å². The fraction of sp³-hybridized carbons (Fsp3) is 0.294. The summed E-state index contributed by atoms with van der Waals surface area (Å²) in [5.74, 6) is 0. The van der Waals surface area contributed by atoms with Crippen molar-refractivity contribution in [3.8, 4) is 44.5 Å². The first-order chi connectivity index (χ1) is 32.7. The second kappa shape index (κ2) is 19.9. The lowest BCUT2D eigenvalue weighted by Crippen LogP contribution is -2.74. The second-order valence-corrected chi connectivity index (χ2v) is 25.3. The maximum Gasteiger partial charge on any atom is 0.108 e. The molecular formula is C68H80BN. The Morgan fingerprint density at radius 1 is 0.214 bits per heavy atom. The minimum atomic E-state index is -1.67. The lowest BCUT2D eigenvalue weighted by molar-refractivity contribution is -0.849. The summed E-state index contributed by atoms with van der Waals surface area (Å²) >= 11 is 0. The number of rotatable bonds is 8. The molecule has 0 amide bonds. The van der Waals surface area contributed by atoms with Crippen LogP contribution in [0.1, 0.15) is 105 Å². The van der Waals surface area contributed by atoms with Crippen molar-refractivity contribution in [2.45, 2.75) is 105 Å². The lowest BCUT2D eigenvalue weighted by atomic mass is 9.13. The van der Waals surface area contributed by atoms with Crippen LogP contribution in [0.25, 0.3) is 44.5 Å². The van der Waals surface area contributed by atoms with Gasteiger partial charge in [0.1, 0.15) is 6.15 Å². The van der Waals surface area contributed by atoms with Crippen molar-refractivity contribution in [1.29, 1.82) is 0 Å². The van der Waals surface area contributed by atoms with Crippen molar-refractivity contribution in [2.75, 3.05) is 28.2 Å². The van der Waals surface area contributed by atoms with Gasteiger partial charge in [0.05, 0.1) is 28.2 Å². The van der Waals surface area contributed by atoms with Crippen LogP contribution in [0.15, 0.2) is 194 Å². The Morgan fingerprint density at radius 2 is 0.329 bits per heavy atom. The highest BCUT2D eigenvalue weighted by Crippen LogP contribution is 2.31. The predicted octanol–water partition coefficient (Wildman–Crippen LogP) is 15.2. The highest BCUT2D eigenvalue weighted by molar-refractivity contribution is 7.19. The third kappa shape index (κ3) is 12.0. The molecule has 0 N–H and O–H groups in total. The Balaban J connectivity index is 0.00000137. The molecule has 0 fully saturated rings. The first-order valence-corrected chi connectivity index (χ1v) is 25.5. The maximum atomic E-state index is 2.39. The predicted molar refractivity (Wildman–Crippen MR) is 311 cm³/mol. The van der Waals surface area contributed by atoms with Crippen LogP contribution < -0.4 is 21.9 Å². The molecule has 0 spiro atoms. The summed E-state index contributed by atoms with van der Waals surface area (Å²) in [5.41, 5.74) is 20.7. The van der Waals surface area contributed by atoms with E-state index in [9.17, 15) is 0 Å². The van der Waals surface area contributed by atoms with E-state index in [-0.39, 0.29) is 21.7 Å². The van der Waals surface area contributed by atoms with Crippen molar-refractivity contribution in [2.24, 2.45) is 0 Å². The zero-order valence-electron chi connectivity index (χ0n) is 45.5. The normalized spacial score (nSPS) is 12.6. The van der Waals surface area contributed by atoms with Crippen LogP contribution in [0, 0.1) is 0 Å². The van der Waals surface area contributed by atoms with Crippen LogP contribution in [-0.4, -0.2) is 38.8 Å². The molecule has 2 heteroatoms. The summed E-state index contributed by atoms with van der Waals surface area (Å²) in [5, 5.41) is 0. The Labute approximate surface area is 424 Å². The average molecular weight is 922 g/mol. The minimum absolute atomic E-state index is 0.104. The number of benzene rings is 8. The molecule has 1 nitrogen and oxygen atoms in total. The van der Waals surface area contributed by atoms with Gasteiger partial charge in [-0.2, -0.15) is 21.9 Å². The number of quaternary nitrogens is 1. The SMILES string of the molecule is CC(C)(C)c1ccc(-c2ccc([B-](c3ccc(-c4ccc(C(C)(C)C)cc4)cc3)(c3ccc(-c4ccc(C(C)(C)C)cc4)cc3)c3ccc(-c4ccc(C(C)(C)C)cc4)cc3)cc2)cc1.C[N+](C)(C)C. The van der Waals surface area contributed by atoms with Crippen LogP contribution in [0.4, 0.5) is 0 Å². The molecule has 0 unspecified atom stereocenters. The molecule has 0 bridgehead atoms. The van der Waals surface area contributed by atoms with Gasteiger partial charge in [-0.05, 0) is 88.4 Å². The molecule has 0 aliphatic carbocycles. The summed E-state index contributed by atoms with van der Waals surface area (Å²) < 4.78 is 1.00. The summed E-state index contributed by atoms with van der Waals surface area (Å²) in [6.45, 7) is 27.3.